The second kappa shape index (κ2) is 6.04. The van der Waals surface area contributed by atoms with E-state index in [0.717, 1.165) is 12.8 Å². The lowest BCUT2D eigenvalue weighted by molar-refractivity contribution is -0.120. The van der Waals surface area contributed by atoms with Crippen LogP contribution in [0.2, 0.25) is 0 Å². The molecule has 1 aromatic carbocycles. The Morgan fingerprint density at radius 1 is 1.38 bits per heavy atom. The van der Waals surface area contributed by atoms with Crippen molar-refractivity contribution < 1.29 is 18.0 Å². The molecule has 2 aliphatic heterocycles. The number of hydrogen-bond donors (Lipinski definition) is 1. The summed E-state index contributed by atoms with van der Waals surface area (Å²) in [6.45, 7) is 1.83. The van der Waals surface area contributed by atoms with E-state index < -0.39 is 12.0 Å². The van der Waals surface area contributed by atoms with Crippen molar-refractivity contribution in [1.82, 2.24) is 10.2 Å². The van der Waals surface area contributed by atoms with Crippen molar-refractivity contribution in [2.24, 2.45) is 5.92 Å². The number of rotatable bonds is 5. The number of ketones is 1. The summed E-state index contributed by atoms with van der Waals surface area (Å²) in [4.78, 5) is 13.8. The summed E-state index contributed by atoms with van der Waals surface area (Å²) in [5, 5.41) is 3.04. The molecule has 136 valence electrons. The molecule has 1 unspecified atom stereocenters. The number of alkyl halides is 2. The molecule has 0 amide bonds. The SMILES string of the molecule is CC12NC=C(c3cccc(C(F)F)c3)C=C1N(CC(=O)C1CC1)C=C2F. The summed E-state index contributed by atoms with van der Waals surface area (Å²) in [6, 6.07) is 6.11. The minimum absolute atomic E-state index is 0.0633. The van der Waals surface area contributed by atoms with Crippen molar-refractivity contribution in [2.75, 3.05) is 6.54 Å². The summed E-state index contributed by atoms with van der Waals surface area (Å²) in [6.07, 6.45) is 4.00. The van der Waals surface area contributed by atoms with Crippen LogP contribution in [-0.2, 0) is 4.79 Å². The quantitative estimate of drug-likeness (QED) is 0.849. The van der Waals surface area contributed by atoms with Crippen LogP contribution in [-0.4, -0.2) is 22.8 Å². The number of fused-ring (bicyclic) bond motifs is 1. The normalized spacial score (nSPS) is 24.7. The average molecular weight is 360 g/mol. The number of benzene rings is 1. The van der Waals surface area contributed by atoms with Crippen molar-refractivity contribution in [3.8, 4) is 0 Å². The van der Waals surface area contributed by atoms with Crippen LogP contribution < -0.4 is 5.32 Å². The van der Waals surface area contributed by atoms with Crippen LogP contribution in [0.1, 0.15) is 37.3 Å². The number of nitrogens with one attached hydrogen (secondary N) is 1. The number of carbonyl (C=O) groups is 1. The molecule has 1 fully saturated rings. The number of dihydropyridines is 1. The minimum Gasteiger partial charge on any atom is -0.374 e. The molecule has 3 nitrogen and oxygen atoms in total. The maximum Gasteiger partial charge on any atom is 0.263 e. The molecule has 1 atom stereocenters. The van der Waals surface area contributed by atoms with Gasteiger partial charge in [0.1, 0.15) is 11.4 Å². The van der Waals surface area contributed by atoms with Crippen molar-refractivity contribution in [3.63, 3.8) is 0 Å². The third-order valence-electron chi connectivity index (χ3n) is 5.21. The minimum atomic E-state index is -2.55. The summed E-state index contributed by atoms with van der Waals surface area (Å²) in [7, 11) is 0. The molecule has 26 heavy (non-hydrogen) atoms. The number of hydrogen-bond acceptors (Lipinski definition) is 3. The molecule has 1 aliphatic carbocycles. The molecule has 0 saturated heterocycles. The Balaban J connectivity index is 1.65. The highest BCUT2D eigenvalue weighted by atomic mass is 19.3. The fourth-order valence-electron chi connectivity index (χ4n) is 3.38. The van der Waals surface area contributed by atoms with Gasteiger partial charge in [0, 0.05) is 23.9 Å². The van der Waals surface area contributed by atoms with Gasteiger partial charge in [-0.2, -0.15) is 0 Å². The van der Waals surface area contributed by atoms with Gasteiger partial charge in [-0.05, 0) is 43.0 Å². The Morgan fingerprint density at radius 3 is 2.85 bits per heavy atom. The molecule has 2 heterocycles. The lowest BCUT2D eigenvalue weighted by Gasteiger charge is -2.33. The van der Waals surface area contributed by atoms with Crippen molar-refractivity contribution >= 4 is 11.4 Å². The Kier molecular flexibility index (Phi) is 3.93. The molecule has 0 radical (unpaired) electrons. The molecule has 1 aromatic rings. The van der Waals surface area contributed by atoms with E-state index in [0.29, 0.717) is 16.8 Å². The van der Waals surface area contributed by atoms with E-state index in [2.05, 4.69) is 5.32 Å². The fraction of sp³-hybridized carbons (Fsp3) is 0.350. The maximum atomic E-state index is 14.5. The molecule has 3 aliphatic rings. The zero-order valence-electron chi connectivity index (χ0n) is 14.3. The molecule has 0 aromatic heterocycles. The van der Waals surface area contributed by atoms with Crippen molar-refractivity contribution in [1.29, 1.82) is 0 Å². The first-order valence-electron chi connectivity index (χ1n) is 8.64. The van der Waals surface area contributed by atoms with Gasteiger partial charge in [-0.15, -0.1) is 0 Å². The first-order chi connectivity index (χ1) is 12.4. The monoisotopic (exact) mass is 360 g/mol. The highest BCUT2D eigenvalue weighted by molar-refractivity contribution is 5.86. The Labute approximate surface area is 149 Å². The highest BCUT2D eigenvalue weighted by Gasteiger charge is 2.44. The van der Waals surface area contributed by atoms with E-state index in [1.54, 1.807) is 36.2 Å². The van der Waals surface area contributed by atoms with Gasteiger partial charge < -0.3 is 10.2 Å². The Morgan fingerprint density at radius 2 is 2.15 bits per heavy atom. The van der Waals surface area contributed by atoms with Crippen LogP contribution >= 0.6 is 0 Å². The third kappa shape index (κ3) is 2.83. The topological polar surface area (TPSA) is 32.3 Å². The van der Waals surface area contributed by atoms with Crippen LogP contribution in [0.4, 0.5) is 13.2 Å². The number of Topliss-reactive ketones (excluding diaryl/α,β-unsaturated/α-hetero) is 1. The van der Waals surface area contributed by atoms with Gasteiger partial charge in [0.2, 0.25) is 0 Å². The van der Waals surface area contributed by atoms with E-state index in [4.69, 9.17) is 0 Å². The second-order valence-electron chi connectivity index (χ2n) is 7.17. The van der Waals surface area contributed by atoms with Gasteiger partial charge in [0.05, 0.1) is 12.2 Å². The molecular formula is C20H19F3N2O. The van der Waals surface area contributed by atoms with Gasteiger partial charge >= 0.3 is 0 Å². The summed E-state index contributed by atoms with van der Waals surface area (Å²) < 4.78 is 40.5. The first kappa shape index (κ1) is 16.9. The van der Waals surface area contributed by atoms with Gasteiger partial charge in [-0.3, -0.25) is 4.79 Å². The van der Waals surface area contributed by atoms with Crippen LogP contribution in [0.3, 0.4) is 0 Å². The van der Waals surface area contributed by atoms with Crippen LogP contribution in [0.25, 0.3) is 5.57 Å². The van der Waals surface area contributed by atoms with Gasteiger partial charge in [0.15, 0.2) is 5.78 Å². The van der Waals surface area contributed by atoms with E-state index >= 15 is 0 Å². The van der Waals surface area contributed by atoms with Crippen molar-refractivity contribution in [3.05, 3.63) is 65.4 Å². The summed E-state index contributed by atoms with van der Waals surface area (Å²) >= 11 is 0. The summed E-state index contributed by atoms with van der Waals surface area (Å²) in [5.41, 5.74) is 0.807. The standard InChI is InChI=1S/C20H19F3N2O/c1-20-17(21)11-25(10-16(26)12-5-6-12)18(20)8-15(9-24-20)13-3-2-4-14(7-13)19(22)23/h2-4,7-9,11-12,19,24H,5-6,10H2,1H3. The van der Waals surface area contributed by atoms with E-state index in [-0.39, 0.29) is 29.6 Å². The molecule has 0 spiro atoms. The lowest BCUT2D eigenvalue weighted by atomic mass is 9.91. The van der Waals surface area contributed by atoms with E-state index in [1.165, 1.54) is 18.3 Å². The van der Waals surface area contributed by atoms with Gasteiger partial charge in [-0.25, -0.2) is 13.2 Å². The van der Waals surface area contributed by atoms with Gasteiger partial charge in [-0.1, -0.05) is 18.2 Å². The van der Waals surface area contributed by atoms with Crippen LogP contribution in [0, 0.1) is 5.92 Å². The molecule has 6 heteroatoms. The number of carbonyl (C=O) groups excluding carboxylic acids is 1. The van der Waals surface area contributed by atoms with Crippen LogP contribution in [0.5, 0.6) is 0 Å². The summed E-state index contributed by atoms with van der Waals surface area (Å²) in [5.74, 6) is -0.174. The first-order valence-corrected chi connectivity index (χ1v) is 8.64. The predicted octanol–water partition coefficient (Wildman–Crippen LogP) is 4.32. The van der Waals surface area contributed by atoms with Crippen molar-refractivity contribution in [2.45, 2.75) is 31.7 Å². The number of halogens is 3. The molecular weight excluding hydrogens is 341 g/mol. The number of allylic oxidation sites excluding steroid dienone is 2. The Hall–Kier alpha value is -2.50. The second-order valence-corrected chi connectivity index (χ2v) is 7.17. The third-order valence-corrected chi connectivity index (χ3v) is 5.21. The highest BCUT2D eigenvalue weighted by Crippen LogP contribution is 2.41. The van der Waals surface area contributed by atoms with Crippen LogP contribution in [0.15, 0.2) is 54.3 Å². The van der Waals surface area contributed by atoms with Gasteiger partial charge in [0.25, 0.3) is 6.43 Å². The molecule has 4 rings (SSSR count). The predicted molar refractivity (Wildman–Crippen MR) is 92.6 cm³/mol. The molecule has 1 saturated carbocycles. The smallest absolute Gasteiger partial charge is 0.263 e. The zero-order valence-corrected chi connectivity index (χ0v) is 14.3. The van der Waals surface area contributed by atoms with E-state index in [9.17, 15) is 18.0 Å². The number of nitrogens with zero attached hydrogens (tertiary/aromatic N) is 1. The fourth-order valence-corrected chi connectivity index (χ4v) is 3.38. The maximum absolute atomic E-state index is 14.5. The average Bonchev–Trinajstić information content (AvgIpc) is 3.43. The van der Waals surface area contributed by atoms with E-state index in [1.807, 2.05) is 0 Å². The lowest BCUT2D eigenvalue weighted by Crippen LogP contribution is -2.44. The molecule has 1 N–H and O–H groups in total. The Bertz CT molecular complexity index is 854. The zero-order chi connectivity index (χ0) is 18.5. The molecule has 0 bridgehead atoms. The largest absolute Gasteiger partial charge is 0.374 e.